The summed E-state index contributed by atoms with van der Waals surface area (Å²) in [6, 6.07) is 0. The lowest BCUT2D eigenvalue weighted by Gasteiger charge is -2.06. The van der Waals surface area contributed by atoms with Gasteiger partial charge in [-0.15, -0.1) is 0 Å². The minimum atomic E-state index is 0.338. The smallest absolute Gasteiger partial charge is 0.135 e. The van der Waals surface area contributed by atoms with Gasteiger partial charge in [0.2, 0.25) is 0 Å². The summed E-state index contributed by atoms with van der Waals surface area (Å²) in [5.74, 6) is 0.338. The third-order valence-corrected chi connectivity index (χ3v) is 2.10. The molecular weight excluding hydrogens is 152 g/mol. The second-order valence-electron chi connectivity index (χ2n) is 3.27. The van der Waals surface area contributed by atoms with E-state index in [1.54, 1.807) is 0 Å². The van der Waals surface area contributed by atoms with Gasteiger partial charge in [0, 0.05) is 12.8 Å². The lowest BCUT2D eigenvalue weighted by Crippen LogP contribution is -2.06. The van der Waals surface area contributed by atoms with Gasteiger partial charge in [0.1, 0.15) is 5.78 Å². The van der Waals surface area contributed by atoms with Crippen molar-refractivity contribution in [1.82, 2.24) is 0 Å². The molecule has 0 atom stereocenters. The topological polar surface area (TPSA) is 26.3 Å². The highest BCUT2D eigenvalue weighted by atomic mass is 16.5. The van der Waals surface area contributed by atoms with Gasteiger partial charge < -0.3 is 4.74 Å². The van der Waals surface area contributed by atoms with Crippen LogP contribution in [0.5, 0.6) is 0 Å². The highest BCUT2D eigenvalue weighted by Crippen LogP contribution is 2.09. The molecule has 0 aromatic rings. The van der Waals surface area contributed by atoms with Crippen molar-refractivity contribution < 1.29 is 9.53 Å². The number of rotatable bonds is 0. The molecule has 1 aliphatic heterocycles. The minimum absolute atomic E-state index is 0.338. The molecule has 0 aromatic carbocycles. The fourth-order valence-corrected chi connectivity index (χ4v) is 1.26. The maximum Gasteiger partial charge on any atom is 0.135 e. The number of allylic oxidation sites excluding steroid dienone is 1. The van der Waals surface area contributed by atoms with Crippen LogP contribution in [0.3, 0.4) is 0 Å². The van der Waals surface area contributed by atoms with Crippen LogP contribution in [-0.2, 0) is 9.53 Å². The molecule has 0 bridgehead atoms. The summed E-state index contributed by atoms with van der Waals surface area (Å²) in [6.45, 7) is 3.34. The number of carbonyl (C=O) groups is 1. The van der Waals surface area contributed by atoms with Crippen molar-refractivity contribution in [3.63, 3.8) is 0 Å². The first-order chi connectivity index (χ1) is 5.79. The summed E-state index contributed by atoms with van der Waals surface area (Å²) in [5, 5.41) is 0. The quantitative estimate of drug-likeness (QED) is 0.518. The predicted octanol–water partition coefficient (Wildman–Crippen LogP) is 2.09. The number of hydrogen-bond donors (Lipinski definition) is 0. The van der Waals surface area contributed by atoms with Gasteiger partial charge in [0.15, 0.2) is 0 Å². The Bertz CT molecular complexity index is 182. The van der Waals surface area contributed by atoms with Crippen molar-refractivity contribution in [3.05, 3.63) is 11.6 Å². The fourth-order valence-electron chi connectivity index (χ4n) is 1.26. The third-order valence-electron chi connectivity index (χ3n) is 2.10. The van der Waals surface area contributed by atoms with E-state index in [9.17, 15) is 4.79 Å². The van der Waals surface area contributed by atoms with E-state index in [4.69, 9.17) is 4.74 Å². The van der Waals surface area contributed by atoms with Gasteiger partial charge in [-0.25, -0.2) is 0 Å². The molecule has 1 aliphatic rings. The molecule has 12 heavy (non-hydrogen) atoms. The molecule has 1 heterocycles. The first-order valence-electron chi connectivity index (χ1n) is 4.54. The molecule has 0 N–H and O–H groups in total. The predicted molar refractivity (Wildman–Crippen MR) is 48.1 cm³/mol. The summed E-state index contributed by atoms with van der Waals surface area (Å²) >= 11 is 0. The molecular formula is C10H16O2. The van der Waals surface area contributed by atoms with E-state index in [0.29, 0.717) is 31.8 Å². The summed E-state index contributed by atoms with van der Waals surface area (Å²) in [6.07, 6.45) is 5.45. The van der Waals surface area contributed by atoms with Gasteiger partial charge in [0.05, 0.1) is 13.2 Å². The second kappa shape index (κ2) is 5.09. The van der Waals surface area contributed by atoms with Crippen molar-refractivity contribution in [2.45, 2.75) is 32.6 Å². The van der Waals surface area contributed by atoms with Crippen molar-refractivity contribution >= 4 is 5.78 Å². The summed E-state index contributed by atoms with van der Waals surface area (Å²) < 4.78 is 5.25. The molecule has 0 saturated heterocycles. The van der Waals surface area contributed by atoms with Gasteiger partial charge in [-0.3, -0.25) is 4.79 Å². The van der Waals surface area contributed by atoms with Crippen LogP contribution in [0.4, 0.5) is 0 Å². The van der Waals surface area contributed by atoms with Crippen molar-refractivity contribution in [3.8, 4) is 0 Å². The molecule has 0 saturated carbocycles. The Morgan fingerprint density at radius 1 is 1.33 bits per heavy atom. The number of ketones is 1. The van der Waals surface area contributed by atoms with Crippen LogP contribution in [0.15, 0.2) is 11.6 Å². The van der Waals surface area contributed by atoms with Crippen molar-refractivity contribution in [2.75, 3.05) is 13.2 Å². The average Bonchev–Trinajstić information content (AvgIpc) is 2.04. The Labute approximate surface area is 73.6 Å². The first-order valence-corrected chi connectivity index (χ1v) is 4.54. The Morgan fingerprint density at radius 2 is 2.17 bits per heavy atom. The molecule has 0 spiro atoms. The number of carbonyl (C=O) groups excluding carboxylic acids is 1. The maximum absolute atomic E-state index is 11.1. The summed E-state index contributed by atoms with van der Waals surface area (Å²) in [5.41, 5.74) is 1.34. The van der Waals surface area contributed by atoms with Gasteiger partial charge in [-0.2, -0.15) is 0 Å². The molecule has 0 radical (unpaired) electrons. The van der Waals surface area contributed by atoms with Crippen molar-refractivity contribution in [2.24, 2.45) is 0 Å². The van der Waals surface area contributed by atoms with Crippen LogP contribution in [-0.4, -0.2) is 19.0 Å². The molecule has 1 rings (SSSR count). The standard InChI is InChI=1S/C10H16O2/c1-9-3-2-4-10(11)6-8-12-7-5-9/h5H,2-4,6-8H2,1H3/b9-5+. The number of ether oxygens (including phenoxy) is 1. The molecule has 0 amide bonds. The van der Waals surface area contributed by atoms with E-state index in [0.717, 1.165) is 12.8 Å². The normalized spacial score (nSPS) is 26.1. The summed E-state index contributed by atoms with van der Waals surface area (Å²) in [7, 11) is 0. The largest absolute Gasteiger partial charge is 0.377 e. The fraction of sp³-hybridized carbons (Fsp3) is 0.700. The minimum Gasteiger partial charge on any atom is -0.377 e. The lowest BCUT2D eigenvalue weighted by molar-refractivity contribution is -0.120. The van der Waals surface area contributed by atoms with Crippen LogP contribution in [0.1, 0.15) is 32.6 Å². The summed E-state index contributed by atoms with van der Waals surface area (Å²) in [4.78, 5) is 11.1. The SMILES string of the molecule is C/C1=C\COCCC(=O)CCC1. The first kappa shape index (κ1) is 9.46. The Hall–Kier alpha value is -0.630. The Morgan fingerprint density at radius 3 is 3.00 bits per heavy atom. The van der Waals surface area contributed by atoms with Crippen LogP contribution in [0.25, 0.3) is 0 Å². The van der Waals surface area contributed by atoms with Crippen LogP contribution < -0.4 is 0 Å². The van der Waals surface area contributed by atoms with Gasteiger partial charge in [-0.05, 0) is 19.8 Å². The van der Waals surface area contributed by atoms with Crippen molar-refractivity contribution in [1.29, 1.82) is 0 Å². The Kier molecular flexibility index (Phi) is 4.01. The number of hydrogen-bond acceptors (Lipinski definition) is 2. The maximum atomic E-state index is 11.1. The second-order valence-corrected chi connectivity index (χ2v) is 3.27. The monoisotopic (exact) mass is 168 g/mol. The van der Waals surface area contributed by atoms with E-state index in [2.05, 4.69) is 13.0 Å². The molecule has 0 fully saturated rings. The average molecular weight is 168 g/mol. The third kappa shape index (κ3) is 3.67. The van der Waals surface area contributed by atoms with Crippen LogP contribution in [0, 0.1) is 0 Å². The number of Topliss-reactive ketones (excluding diaryl/α,β-unsaturated/α-hetero) is 1. The molecule has 0 aliphatic carbocycles. The Balaban J connectivity index is 2.39. The van der Waals surface area contributed by atoms with E-state index in [1.807, 2.05) is 0 Å². The van der Waals surface area contributed by atoms with Gasteiger partial charge in [0.25, 0.3) is 0 Å². The van der Waals surface area contributed by atoms with Gasteiger partial charge >= 0.3 is 0 Å². The molecule has 68 valence electrons. The van der Waals surface area contributed by atoms with Crippen LogP contribution >= 0.6 is 0 Å². The van der Waals surface area contributed by atoms with E-state index in [1.165, 1.54) is 5.57 Å². The molecule has 2 nitrogen and oxygen atoms in total. The highest BCUT2D eigenvalue weighted by molar-refractivity contribution is 5.78. The zero-order chi connectivity index (χ0) is 8.81. The van der Waals surface area contributed by atoms with E-state index in [-0.39, 0.29) is 0 Å². The van der Waals surface area contributed by atoms with E-state index >= 15 is 0 Å². The van der Waals surface area contributed by atoms with E-state index < -0.39 is 0 Å². The zero-order valence-electron chi connectivity index (χ0n) is 7.64. The van der Waals surface area contributed by atoms with Crippen LogP contribution in [0.2, 0.25) is 0 Å². The zero-order valence-corrected chi connectivity index (χ0v) is 7.64. The highest BCUT2D eigenvalue weighted by Gasteiger charge is 2.03. The molecule has 0 unspecified atom stereocenters. The van der Waals surface area contributed by atoms with Gasteiger partial charge in [-0.1, -0.05) is 11.6 Å². The molecule has 0 aromatic heterocycles. The lowest BCUT2D eigenvalue weighted by atomic mass is 10.1. The molecule has 2 heteroatoms.